The van der Waals surface area contributed by atoms with E-state index in [2.05, 4.69) is 24.0 Å². The number of phenolic OH excluding ortho intramolecular Hbond substituents is 1. The van der Waals surface area contributed by atoms with E-state index in [0.717, 1.165) is 36.1 Å². The van der Waals surface area contributed by atoms with Crippen LogP contribution in [0.25, 0.3) is 11.3 Å². The molecule has 0 spiro atoms. The summed E-state index contributed by atoms with van der Waals surface area (Å²) in [6.07, 6.45) is 2.87. The van der Waals surface area contributed by atoms with Gasteiger partial charge in [0.2, 0.25) is 0 Å². The molecule has 2 aromatic carbocycles. The molecule has 0 saturated heterocycles. The zero-order valence-corrected chi connectivity index (χ0v) is 17.4. The lowest BCUT2D eigenvalue weighted by Crippen LogP contribution is -2.30. The van der Waals surface area contributed by atoms with Crippen LogP contribution in [-0.2, 0) is 0 Å². The number of para-hydroxylation sites is 1. The number of amides is 1. The summed E-state index contributed by atoms with van der Waals surface area (Å²) < 4.78 is 5.72. The Hall–Kier alpha value is -3.28. The third-order valence-electron chi connectivity index (χ3n) is 5.44. The third-order valence-corrected chi connectivity index (χ3v) is 5.44. The van der Waals surface area contributed by atoms with Crippen molar-refractivity contribution in [2.75, 3.05) is 13.2 Å². The Labute approximate surface area is 176 Å². The van der Waals surface area contributed by atoms with Gasteiger partial charge in [-0.2, -0.15) is 5.10 Å². The lowest BCUT2D eigenvalue weighted by atomic mass is 9.95. The van der Waals surface area contributed by atoms with Crippen LogP contribution in [0.5, 0.6) is 11.5 Å². The van der Waals surface area contributed by atoms with Crippen LogP contribution >= 0.6 is 0 Å². The van der Waals surface area contributed by atoms with Gasteiger partial charge >= 0.3 is 0 Å². The third kappa shape index (κ3) is 3.54. The molecule has 1 aromatic heterocycles. The molecular formula is C24H27N3O3. The first-order chi connectivity index (χ1) is 14.7. The predicted octanol–water partition coefficient (Wildman–Crippen LogP) is 4.92. The molecule has 30 heavy (non-hydrogen) atoms. The van der Waals surface area contributed by atoms with Gasteiger partial charge in [0, 0.05) is 17.7 Å². The number of benzene rings is 2. The van der Waals surface area contributed by atoms with Crippen molar-refractivity contribution in [2.45, 2.75) is 39.2 Å². The molecule has 0 fully saturated rings. The Balaban J connectivity index is 1.78. The highest BCUT2D eigenvalue weighted by Crippen LogP contribution is 2.44. The summed E-state index contributed by atoms with van der Waals surface area (Å²) in [7, 11) is 0. The number of nitrogens with zero attached hydrogens (tertiary/aromatic N) is 2. The molecule has 0 unspecified atom stereocenters. The first-order valence-corrected chi connectivity index (χ1v) is 10.6. The number of aromatic hydroxyl groups is 1. The minimum Gasteiger partial charge on any atom is -0.507 e. The van der Waals surface area contributed by atoms with Crippen molar-refractivity contribution >= 4 is 5.91 Å². The second-order valence-electron chi connectivity index (χ2n) is 7.55. The number of phenols is 1. The van der Waals surface area contributed by atoms with Gasteiger partial charge in [0.1, 0.15) is 22.9 Å². The van der Waals surface area contributed by atoms with Gasteiger partial charge in [-0.15, -0.1) is 0 Å². The molecule has 1 aliphatic heterocycles. The van der Waals surface area contributed by atoms with E-state index in [4.69, 9.17) is 4.74 Å². The van der Waals surface area contributed by atoms with Gasteiger partial charge in [-0.05, 0) is 42.7 Å². The Morgan fingerprint density at radius 3 is 2.57 bits per heavy atom. The van der Waals surface area contributed by atoms with Crippen LogP contribution in [0, 0.1) is 0 Å². The second-order valence-corrected chi connectivity index (χ2v) is 7.55. The monoisotopic (exact) mass is 405 g/mol. The highest BCUT2D eigenvalue weighted by Gasteiger charge is 2.42. The van der Waals surface area contributed by atoms with E-state index in [1.165, 1.54) is 0 Å². The molecule has 1 atom stereocenters. The van der Waals surface area contributed by atoms with Gasteiger partial charge in [-0.3, -0.25) is 9.89 Å². The minimum atomic E-state index is -0.257. The van der Waals surface area contributed by atoms with Crippen molar-refractivity contribution in [3.63, 3.8) is 0 Å². The molecule has 2 heterocycles. The van der Waals surface area contributed by atoms with Gasteiger partial charge in [0.05, 0.1) is 12.6 Å². The average Bonchev–Trinajstić information content (AvgIpc) is 3.30. The Kier molecular flexibility index (Phi) is 5.74. The normalized spacial score (nSPS) is 15.5. The van der Waals surface area contributed by atoms with Crippen molar-refractivity contribution in [3.05, 3.63) is 65.4 Å². The smallest absolute Gasteiger partial charge is 0.273 e. The molecule has 6 nitrogen and oxygen atoms in total. The molecule has 2 N–H and O–H groups in total. The number of rotatable bonds is 8. The van der Waals surface area contributed by atoms with Gasteiger partial charge in [-0.25, -0.2) is 0 Å². The van der Waals surface area contributed by atoms with E-state index < -0.39 is 0 Å². The number of fused-ring (bicyclic) bond motifs is 1. The molecule has 0 aliphatic carbocycles. The van der Waals surface area contributed by atoms with Crippen molar-refractivity contribution < 1.29 is 14.6 Å². The first-order valence-electron chi connectivity index (χ1n) is 10.6. The van der Waals surface area contributed by atoms with Gasteiger partial charge in [-0.1, -0.05) is 44.5 Å². The number of aromatic nitrogens is 2. The lowest BCUT2D eigenvalue weighted by Gasteiger charge is -2.26. The highest BCUT2D eigenvalue weighted by molar-refractivity contribution is 6.00. The van der Waals surface area contributed by atoms with Crippen molar-refractivity contribution in [1.82, 2.24) is 15.1 Å². The number of unbranched alkanes of at least 4 members (excludes halogenated alkanes) is 1. The largest absolute Gasteiger partial charge is 0.507 e. The molecule has 3 aromatic rings. The van der Waals surface area contributed by atoms with E-state index in [1.54, 1.807) is 12.1 Å². The van der Waals surface area contributed by atoms with Crippen LogP contribution in [0.2, 0.25) is 0 Å². The van der Waals surface area contributed by atoms with Crippen LogP contribution in [0.1, 0.15) is 60.8 Å². The molecule has 0 bridgehead atoms. The molecular weight excluding hydrogens is 378 g/mol. The maximum Gasteiger partial charge on any atom is 0.273 e. The summed E-state index contributed by atoms with van der Waals surface area (Å²) in [5.74, 6) is 0.913. The fourth-order valence-corrected chi connectivity index (χ4v) is 3.95. The maximum absolute atomic E-state index is 13.2. The predicted molar refractivity (Wildman–Crippen MR) is 116 cm³/mol. The quantitative estimate of drug-likeness (QED) is 0.558. The number of aromatic amines is 1. The molecule has 1 amide bonds. The summed E-state index contributed by atoms with van der Waals surface area (Å²) in [5.41, 5.74) is 3.56. The summed E-state index contributed by atoms with van der Waals surface area (Å²) in [5, 5.41) is 17.7. The van der Waals surface area contributed by atoms with E-state index in [-0.39, 0.29) is 17.7 Å². The van der Waals surface area contributed by atoms with Crippen molar-refractivity contribution in [2.24, 2.45) is 0 Å². The summed E-state index contributed by atoms with van der Waals surface area (Å²) in [4.78, 5) is 15.1. The summed E-state index contributed by atoms with van der Waals surface area (Å²) >= 11 is 0. The molecule has 4 rings (SSSR count). The standard InChI is InChI=1S/C24H27N3O3/c1-3-5-14-27-23(16-10-12-17(13-11-16)30-15-4-2)20-21(25-26-22(20)24(27)29)18-8-6-7-9-19(18)28/h6-13,23,28H,3-5,14-15H2,1-2H3,(H,25,26)/t23-/m0/s1. The number of H-pyrrole nitrogens is 1. The fourth-order valence-electron chi connectivity index (χ4n) is 3.95. The molecule has 1 aliphatic rings. The summed E-state index contributed by atoms with van der Waals surface area (Å²) in [6, 6.07) is 14.8. The molecule has 6 heteroatoms. The summed E-state index contributed by atoms with van der Waals surface area (Å²) in [6.45, 7) is 5.53. The zero-order chi connectivity index (χ0) is 21.1. The van der Waals surface area contributed by atoms with Gasteiger partial charge in [0.15, 0.2) is 0 Å². The van der Waals surface area contributed by atoms with Crippen molar-refractivity contribution in [1.29, 1.82) is 0 Å². The SMILES string of the molecule is CCCCN1C(=O)c2[nH]nc(-c3ccccc3O)c2[C@@H]1c1ccc(OCCC)cc1. The van der Waals surface area contributed by atoms with E-state index in [0.29, 0.717) is 30.1 Å². The van der Waals surface area contributed by atoms with Gasteiger partial charge < -0.3 is 14.7 Å². The van der Waals surface area contributed by atoms with E-state index in [1.807, 2.05) is 41.3 Å². The Morgan fingerprint density at radius 1 is 1.10 bits per heavy atom. The van der Waals surface area contributed by atoms with Gasteiger partial charge in [0.25, 0.3) is 5.91 Å². The van der Waals surface area contributed by atoms with Crippen molar-refractivity contribution in [3.8, 4) is 22.8 Å². The Morgan fingerprint density at radius 2 is 1.87 bits per heavy atom. The van der Waals surface area contributed by atoms with Crippen LogP contribution in [-0.4, -0.2) is 39.3 Å². The Bertz CT molecular complexity index is 1030. The number of carbonyl (C=O) groups is 1. The maximum atomic E-state index is 13.2. The number of nitrogens with one attached hydrogen (secondary N) is 1. The van der Waals surface area contributed by atoms with Crippen LogP contribution in [0.15, 0.2) is 48.5 Å². The van der Waals surface area contributed by atoms with E-state index >= 15 is 0 Å². The number of ether oxygens (including phenoxy) is 1. The second kappa shape index (κ2) is 8.61. The first kappa shape index (κ1) is 20.0. The molecule has 0 saturated carbocycles. The molecule has 0 radical (unpaired) electrons. The van der Waals surface area contributed by atoms with Crippen LogP contribution in [0.3, 0.4) is 0 Å². The number of carbonyl (C=O) groups excluding carboxylic acids is 1. The zero-order valence-electron chi connectivity index (χ0n) is 17.4. The fraction of sp³-hybridized carbons (Fsp3) is 0.333. The van der Waals surface area contributed by atoms with Crippen LogP contribution in [0.4, 0.5) is 0 Å². The topological polar surface area (TPSA) is 78.5 Å². The number of hydrogen-bond acceptors (Lipinski definition) is 4. The average molecular weight is 405 g/mol. The van der Waals surface area contributed by atoms with E-state index in [9.17, 15) is 9.90 Å². The molecule has 156 valence electrons. The van der Waals surface area contributed by atoms with Crippen LogP contribution < -0.4 is 4.74 Å². The highest BCUT2D eigenvalue weighted by atomic mass is 16.5. The minimum absolute atomic E-state index is 0.0519. The number of hydrogen-bond donors (Lipinski definition) is 2. The lowest BCUT2D eigenvalue weighted by molar-refractivity contribution is 0.0741.